The minimum absolute atomic E-state index is 0.0305. The summed E-state index contributed by atoms with van der Waals surface area (Å²) in [7, 11) is 0.550. The Morgan fingerprint density at radius 3 is 2.40 bits per heavy atom. The average Bonchev–Trinajstić information content (AvgIpc) is 3.25. The van der Waals surface area contributed by atoms with Crippen molar-refractivity contribution in [1.29, 1.82) is 0 Å². The van der Waals surface area contributed by atoms with E-state index < -0.39 is 10.0 Å². The van der Waals surface area contributed by atoms with E-state index in [0.717, 1.165) is 29.5 Å². The van der Waals surface area contributed by atoms with Crippen LogP contribution in [-0.2, 0) is 23.1 Å². The van der Waals surface area contributed by atoms with Gasteiger partial charge in [-0.1, -0.05) is 24.3 Å². The maximum absolute atomic E-state index is 12.8. The van der Waals surface area contributed by atoms with E-state index in [-0.39, 0.29) is 22.1 Å². The van der Waals surface area contributed by atoms with Crippen molar-refractivity contribution in [3.8, 4) is 5.75 Å². The zero-order valence-corrected chi connectivity index (χ0v) is 18.5. The molecule has 1 fully saturated rings. The number of sulfonamides is 1. The molecule has 0 saturated carbocycles. The molecule has 1 amide bonds. The van der Waals surface area contributed by atoms with Crippen LogP contribution in [0.15, 0.2) is 47.4 Å². The van der Waals surface area contributed by atoms with Crippen molar-refractivity contribution in [2.45, 2.75) is 30.8 Å². The van der Waals surface area contributed by atoms with Crippen LogP contribution >= 0.6 is 0 Å². The molecule has 0 spiro atoms. The summed E-state index contributed by atoms with van der Waals surface area (Å²) in [4.78, 5) is 15.1. The first kappa shape index (κ1) is 22.3. The molecule has 0 radical (unpaired) electrons. The van der Waals surface area contributed by atoms with E-state index in [9.17, 15) is 13.2 Å². The highest BCUT2D eigenvalue weighted by molar-refractivity contribution is 7.89. The Kier molecular flexibility index (Phi) is 7.12. The van der Waals surface area contributed by atoms with Crippen molar-refractivity contribution in [2.75, 3.05) is 34.3 Å². The van der Waals surface area contributed by atoms with Gasteiger partial charge in [-0.15, -0.1) is 0 Å². The predicted molar refractivity (Wildman–Crippen MR) is 116 cm³/mol. The standard InChI is InChI=1S/C22H29N3O4S/c1-24(2)30(27,28)21-14-17(10-11-20(21)29-3)22(26)23-15-18-8-4-5-9-19(18)16-25-12-6-7-13-25/h4-5,8-11,14H,6-7,12-13,15-16H2,1-3H3,(H,23,26). The fourth-order valence-electron chi connectivity index (χ4n) is 3.56. The van der Waals surface area contributed by atoms with E-state index in [1.54, 1.807) is 6.07 Å². The number of hydrogen-bond acceptors (Lipinski definition) is 5. The van der Waals surface area contributed by atoms with Gasteiger partial charge in [-0.05, 0) is 55.3 Å². The number of nitrogens with zero attached hydrogens (tertiary/aromatic N) is 2. The molecule has 2 aromatic rings. The van der Waals surface area contributed by atoms with E-state index in [0.29, 0.717) is 6.54 Å². The molecule has 1 aliphatic rings. The minimum atomic E-state index is -3.74. The molecule has 162 valence electrons. The molecule has 30 heavy (non-hydrogen) atoms. The molecule has 1 heterocycles. The van der Waals surface area contributed by atoms with E-state index in [1.165, 1.54) is 51.7 Å². The average molecular weight is 432 g/mol. The third-order valence-corrected chi connectivity index (χ3v) is 7.17. The number of likely N-dealkylation sites (tertiary alicyclic amines) is 1. The molecule has 1 aliphatic heterocycles. The molecule has 8 heteroatoms. The predicted octanol–water partition coefficient (Wildman–Crippen LogP) is 2.47. The van der Waals surface area contributed by atoms with Crippen molar-refractivity contribution in [3.63, 3.8) is 0 Å². The fourth-order valence-corrected chi connectivity index (χ4v) is 4.63. The molecule has 0 aromatic heterocycles. The van der Waals surface area contributed by atoms with Crippen LogP contribution in [0.3, 0.4) is 0 Å². The highest BCUT2D eigenvalue weighted by Crippen LogP contribution is 2.27. The maximum Gasteiger partial charge on any atom is 0.251 e. The van der Waals surface area contributed by atoms with Crippen molar-refractivity contribution < 1.29 is 17.9 Å². The van der Waals surface area contributed by atoms with Gasteiger partial charge < -0.3 is 10.1 Å². The summed E-state index contributed by atoms with van der Waals surface area (Å²) in [5, 5.41) is 2.92. The quantitative estimate of drug-likeness (QED) is 0.695. The molecule has 0 atom stereocenters. The third-order valence-electron chi connectivity index (χ3n) is 5.33. The largest absolute Gasteiger partial charge is 0.495 e. The second kappa shape index (κ2) is 9.59. The Labute approximate surface area is 178 Å². The number of hydrogen-bond donors (Lipinski definition) is 1. The van der Waals surface area contributed by atoms with Gasteiger partial charge in [-0.25, -0.2) is 12.7 Å². The summed E-state index contributed by atoms with van der Waals surface area (Å²) in [5.74, 6) is -0.125. The molecule has 3 rings (SSSR count). The highest BCUT2D eigenvalue weighted by Gasteiger charge is 2.24. The molecule has 7 nitrogen and oxygen atoms in total. The van der Waals surface area contributed by atoms with Crippen LogP contribution in [0.1, 0.15) is 34.3 Å². The van der Waals surface area contributed by atoms with Gasteiger partial charge in [0.25, 0.3) is 5.91 Å². The molecular weight excluding hydrogens is 402 g/mol. The van der Waals surface area contributed by atoms with Crippen LogP contribution in [0.25, 0.3) is 0 Å². The molecule has 1 saturated heterocycles. The van der Waals surface area contributed by atoms with Gasteiger partial charge in [0.2, 0.25) is 10.0 Å². The van der Waals surface area contributed by atoms with Crippen molar-refractivity contribution in [1.82, 2.24) is 14.5 Å². The van der Waals surface area contributed by atoms with Crippen LogP contribution < -0.4 is 10.1 Å². The normalized spacial score (nSPS) is 14.8. The van der Waals surface area contributed by atoms with Crippen LogP contribution in [0.4, 0.5) is 0 Å². The fraction of sp³-hybridized carbons (Fsp3) is 0.409. The molecule has 2 aromatic carbocycles. The van der Waals surface area contributed by atoms with Crippen LogP contribution in [-0.4, -0.2) is 57.8 Å². The number of carbonyl (C=O) groups is 1. The monoisotopic (exact) mass is 431 g/mol. The number of rotatable bonds is 8. The van der Waals surface area contributed by atoms with E-state index in [4.69, 9.17) is 4.74 Å². The van der Waals surface area contributed by atoms with Gasteiger partial charge in [0.05, 0.1) is 7.11 Å². The lowest BCUT2D eigenvalue weighted by Gasteiger charge is -2.18. The lowest BCUT2D eigenvalue weighted by Crippen LogP contribution is -2.26. The molecule has 1 N–H and O–H groups in total. The van der Waals surface area contributed by atoms with Crippen LogP contribution in [0.2, 0.25) is 0 Å². The van der Waals surface area contributed by atoms with Gasteiger partial charge in [-0.3, -0.25) is 9.69 Å². The Morgan fingerprint density at radius 1 is 1.10 bits per heavy atom. The summed E-state index contributed by atoms with van der Waals surface area (Å²) >= 11 is 0. The van der Waals surface area contributed by atoms with E-state index in [1.807, 2.05) is 18.2 Å². The van der Waals surface area contributed by atoms with Crippen molar-refractivity contribution >= 4 is 15.9 Å². The molecular formula is C22H29N3O4S. The Bertz CT molecular complexity index is 999. The number of ether oxygens (including phenoxy) is 1. The Morgan fingerprint density at radius 2 is 1.77 bits per heavy atom. The van der Waals surface area contributed by atoms with Gasteiger partial charge in [-0.2, -0.15) is 0 Å². The zero-order chi connectivity index (χ0) is 21.7. The zero-order valence-electron chi connectivity index (χ0n) is 17.7. The first-order chi connectivity index (χ1) is 14.3. The maximum atomic E-state index is 12.8. The van der Waals surface area contributed by atoms with Crippen molar-refractivity contribution in [3.05, 3.63) is 59.2 Å². The number of methoxy groups -OCH3 is 1. The number of amides is 1. The van der Waals surface area contributed by atoms with Crippen molar-refractivity contribution in [2.24, 2.45) is 0 Å². The summed E-state index contributed by atoms with van der Waals surface area (Å²) < 4.78 is 31.5. The van der Waals surface area contributed by atoms with Gasteiger partial charge >= 0.3 is 0 Å². The van der Waals surface area contributed by atoms with Gasteiger partial charge in [0.15, 0.2) is 0 Å². The summed E-state index contributed by atoms with van der Waals surface area (Å²) in [6.07, 6.45) is 2.46. The lowest BCUT2D eigenvalue weighted by atomic mass is 10.1. The van der Waals surface area contributed by atoms with Gasteiger partial charge in [0.1, 0.15) is 10.6 Å². The molecule has 0 unspecified atom stereocenters. The smallest absolute Gasteiger partial charge is 0.251 e. The summed E-state index contributed by atoms with van der Waals surface area (Å²) in [6, 6.07) is 12.5. The first-order valence-electron chi connectivity index (χ1n) is 10.0. The minimum Gasteiger partial charge on any atom is -0.495 e. The third kappa shape index (κ3) is 5.00. The van der Waals surface area contributed by atoms with Crippen LogP contribution in [0, 0.1) is 0 Å². The Hall–Kier alpha value is -2.42. The van der Waals surface area contributed by atoms with E-state index in [2.05, 4.69) is 16.3 Å². The first-order valence-corrected chi connectivity index (χ1v) is 11.4. The summed E-state index contributed by atoms with van der Waals surface area (Å²) in [5.41, 5.74) is 2.53. The number of benzene rings is 2. The second-order valence-corrected chi connectivity index (χ2v) is 9.71. The van der Waals surface area contributed by atoms with Crippen LogP contribution in [0.5, 0.6) is 5.75 Å². The topological polar surface area (TPSA) is 79.0 Å². The molecule has 0 bridgehead atoms. The highest BCUT2D eigenvalue weighted by atomic mass is 32.2. The van der Waals surface area contributed by atoms with E-state index >= 15 is 0 Å². The second-order valence-electron chi connectivity index (χ2n) is 7.59. The van der Waals surface area contributed by atoms with Gasteiger partial charge in [0, 0.05) is 32.7 Å². The SMILES string of the molecule is COc1ccc(C(=O)NCc2ccccc2CN2CCCC2)cc1S(=O)(=O)N(C)C. The number of carbonyl (C=O) groups excluding carboxylic acids is 1. The number of nitrogens with one attached hydrogen (secondary N) is 1. The lowest BCUT2D eigenvalue weighted by molar-refractivity contribution is 0.0950. The molecule has 0 aliphatic carbocycles. The summed E-state index contributed by atoms with van der Waals surface area (Å²) in [6.45, 7) is 3.47. The Balaban J connectivity index is 1.76.